The summed E-state index contributed by atoms with van der Waals surface area (Å²) in [6.45, 7) is 5.85. The molecule has 94 valence electrons. The highest BCUT2D eigenvalue weighted by atomic mass is 16.5. The predicted octanol–water partition coefficient (Wildman–Crippen LogP) is 0.916. The molecule has 2 atom stereocenters. The average molecular weight is 228 g/mol. The fraction of sp³-hybridized carbons (Fsp3) is 0.917. The van der Waals surface area contributed by atoms with Crippen LogP contribution in [0.15, 0.2) is 0 Å². The fourth-order valence-corrected chi connectivity index (χ4v) is 2.05. The van der Waals surface area contributed by atoms with Crippen molar-refractivity contribution in [1.29, 1.82) is 0 Å². The highest BCUT2D eigenvalue weighted by molar-refractivity contribution is 5.81. The van der Waals surface area contributed by atoms with Crippen molar-refractivity contribution in [2.24, 2.45) is 5.92 Å². The van der Waals surface area contributed by atoms with Crippen LogP contribution in [-0.2, 0) is 9.53 Å². The van der Waals surface area contributed by atoms with Crippen LogP contribution in [0.1, 0.15) is 33.1 Å². The lowest BCUT2D eigenvalue weighted by atomic mass is 10.0. The Kier molecular flexibility index (Phi) is 5.77. The third kappa shape index (κ3) is 4.49. The number of nitrogens with one attached hydrogen (secondary N) is 2. The third-order valence-corrected chi connectivity index (χ3v) is 2.87. The molecule has 1 rings (SSSR count). The van der Waals surface area contributed by atoms with Crippen molar-refractivity contribution in [3.63, 3.8) is 0 Å². The second kappa shape index (κ2) is 6.86. The first-order valence-corrected chi connectivity index (χ1v) is 6.19. The summed E-state index contributed by atoms with van der Waals surface area (Å²) >= 11 is 0. The van der Waals surface area contributed by atoms with E-state index >= 15 is 0 Å². The van der Waals surface area contributed by atoms with Crippen LogP contribution in [0.3, 0.4) is 0 Å². The molecule has 1 amide bonds. The van der Waals surface area contributed by atoms with Gasteiger partial charge in [0.25, 0.3) is 0 Å². The van der Waals surface area contributed by atoms with Crippen molar-refractivity contribution < 1.29 is 9.53 Å². The first kappa shape index (κ1) is 13.5. The molecule has 1 heterocycles. The van der Waals surface area contributed by atoms with Gasteiger partial charge in [0, 0.05) is 19.7 Å². The molecule has 0 aromatic rings. The lowest BCUT2D eigenvalue weighted by molar-refractivity contribution is -0.123. The minimum Gasteiger partial charge on any atom is -0.380 e. The van der Waals surface area contributed by atoms with Crippen LogP contribution in [0.25, 0.3) is 0 Å². The maximum absolute atomic E-state index is 11.7. The summed E-state index contributed by atoms with van der Waals surface area (Å²) in [6.07, 6.45) is 3.06. The van der Waals surface area contributed by atoms with Crippen molar-refractivity contribution in [2.45, 2.75) is 45.2 Å². The summed E-state index contributed by atoms with van der Waals surface area (Å²) in [5.74, 6) is 0.596. The standard InChI is InChI=1S/C12H24N2O2/c1-9(2)7-11(12(15)13-3)14-10-5-4-6-16-8-10/h9-11,14H,4-8H2,1-3H3,(H,13,15). The smallest absolute Gasteiger partial charge is 0.236 e. The Balaban J connectivity index is 2.44. The molecule has 16 heavy (non-hydrogen) atoms. The van der Waals surface area contributed by atoms with E-state index in [0.29, 0.717) is 12.0 Å². The van der Waals surface area contributed by atoms with Crippen molar-refractivity contribution in [3.05, 3.63) is 0 Å². The number of carbonyl (C=O) groups is 1. The minimum absolute atomic E-state index is 0.0827. The van der Waals surface area contributed by atoms with Gasteiger partial charge in [-0.25, -0.2) is 0 Å². The lowest BCUT2D eigenvalue weighted by Gasteiger charge is -2.28. The maximum Gasteiger partial charge on any atom is 0.236 e. The van der Waals surface area contributed by atoms with Gasteiger partial charge < -0.3 is 15.4 Å². The molecule has 1 aliphatic heterocycles. The van der Waals surface area contributed by atoms with Crippen molar-refractivity contribution in [3.8, 4) is 0 Å². The Bertz CT molecular complexity index is 213. The van der Waals surface area contributed by atoms with Crippen LogP contribution >= 0.6 is 0 Å². The van der Waals surface area contributed by atoms with Gasteiger partial charge >= 0.3 is 0 Å². The Labute approximate surface area is 98.1 Å². The second-order valence-electron chi connectivity index (χ2n) is 4.88. The number of ether oxygens (including phenoxy) is 1. The van der Waals surface area contributed by atoms with E-state index in [2.05, 4.69) is 24.5 Å². The van der Waals surface area contributed by atoms with Crippen molar-refractivity contribution in [1.82, 2.24) is 10.6 Å². The quantitative estimate of drug-likeness (QED) is 0.735. The van der Waals surface area contributed by atoms with E-state index in [0.717, 1.165) is 32.5 Å². The van der Waals surface area contributed by atoms with Crippen LogP contribution < -0.4 is 10.6 Å². The first-order valence-electron chi connectivity index (χ1n) is 6.19. The monoisotopic (exact) mass is 228 g/mol. The molecule has 2 unspecified atom stereocenters. The van der Waals surface area contributed by atoms with Gasteiger partial charge in [0.05, 0.1) is 12.6 Å². The molecule has 0 aliphatic carbocycles. The molecule has 0 aromatic carbocycles. The largest absolute Gasteiger partial charge is 0.380 e. The molecule has 1 aliphatic rings. The Morgan fingerprint density at radius 3 is 2.75 bits per heavy atom. The zero-order valence-corrected chi connectivity index (χ0v) is 10.6. The number of hydrogen-bond acceptors (Lipinski definition) is 3. The predicted molar refractivity (Wildman–Crippen MR) is 64.3 cm³/mol. The Morgan fingerprint density at radius 1 is 1.50 bits per heavy atom. The average Bonchev–Trinajstić information content (AvgIpc) is 2.28. The van der Waals surface area contributed by atoms with Gasteiger partial charge in [0.1, 0.15) is 0 Å². The van der Waals surface area contributed by atoms with Gasteiger partial charge in [-0.3, -0.25) is 4.79 Å². The summed E-state index contributed by atoms with van der Waals surface area (Å²) in [6, 6.07) is 0.242. The summed E-state index contributed by atoms with van der Waals surface area (Å²) in [5.41, 5.74) is 0. The van der Waals surface area contributed by atoms with E-state index in [1.807, 2.05) is 0 Å². The second-order valence-corrected chi connectivity index (χ2v) is 4.88. The van der Waals surface area contributed by atoms with Crippen LogP contribution in [0.2, 0.25) is 0 Å². The summed E-state index contributed by atoms with van der Waals surface area (Å²) in [4.78, 5) is 11.7. The SMILES string of the molecule is CNC(=O)C(CC(C)C)NC1CCCOC1. The van der Waals surface area contributed by atoms with Gasteiger partial charge in [-0.05, 0) is 25.2 Å². The van der Waals surface area contributed by atoms with Gasteiger partial charge in [-0.15, -0.1) is 0 Å². The summed E-state index contributed by atoms with van der Waals surface area (Å²) < 4.78 is 5.41. The first-order chi connectivity index (χ1) is 7.63. The van der Waals surface area contributed by atoms with E-state index in [4.69, 9.17) is 4.74 Å². The molecule has 4 heteroatoms. The van der Waals surface area contributed by atoms with Gasteiger partial charge in [-0.2, -0.15) is 0 Å². The number of likely N-dealkylation sites (N-methyl/N-ethyl adjacent to an activating group) is 1. The van der Waals surface area contributed by atoms with E-state index in [1.54, 1.807) is 7.05 Å². The van der Waals surface area contributed by atoms with E-state index < -0.39 is 0 Å². The molecule has 0 bridgehead atoms. The fourth-order valence-electron chi connectivity index (χ4n) is 2.05. The van der Waals surface area contributed by atoms with Crippen molar-refractivity contribution >= 4 is 5.91 Å². The number of hydrogen-bond donors (Lipinski definition) is 2. The van der Waals surface area contributed by atoms with Crippen LogP contribution in [0, 0.1) is 5.92 Å². The number of amides is 1. The molecule has 0 aromatic heterocycles. The van der Waals surface area contributed by atoms with Gasteiger partial charge in [-0.1, -0.05) is 13.8 Å². The molecule has 0 radical (unpaired) electrons. The van der Waals surface area contributed by atoms with Crippen LogP contribution in [-0.4, -0.2) is 38.3 Å². The minimum atomic E-state index is -0.0864. The Hall–Kier alpha value is -0.610. The highest BCUT2D eigenvalue weighted by Gasteiger charge is 2.23. The molecule has 1 fully saturated rings. The highest BCUT2D eigenvalue weighted by Crippen LogP contribution is 2.10. The summed E-state index contributed by atoms with van der Waals surface area (Å²) in [7, 11) is 1.69. The molecule has 1 saturated heterocycles. The summed E-state index contributed by atoms with van der Waals surface area (Å²) in [5, 5.41) is 6.12. The topological polar surface area (TPSA) is 50.4 Å². The lowest BCUT2D eigenvalue weighted by Crippen LogP contribution is -2.50. The van der Waals surface area contributed by atoms with Gasteiger partial charge in [0.15, 0.2) is 0 Å². The van der Waals surface area contributed by atoms with Crippen LogP contribution in [0.5, 0.6) is 0 Å². The zero-order chi connectivity index (χ0) is 12.0. The van der Waals surface area contributed by atoms with Crippen molar-refractivity contribution in [2.75, 3.05) is 20.3 Å². The molecular formula is C12H24N2O2. The number of rotatable bonds is 5. The molecular weight excluding hydrogens is 204 g/mol. The molecule has 0 spiro atoms. The Morgan fingerprint density at radius 2 is 2.25 bits per heavy atom. The number of carbonyl (C=O) groups excluding carboxylic acids is 1. The maximum atomic E-state index is 11.7. The van der Waals surface area contributed by atoms with Gasteiger partial charge in [0.2, 0.25) is 5.91 Å². The third-order valence-electron chi connectivity index (χ3n) is 2.87. The molecule has 2 N–H and O–H groups in total. The van der Waals surface area contributed by atoms with Crippen LogP contribution in [0.4, 0.5) is 0 Å². The molecule has 4 nitrogen and oxygen atoms in total. The van der Waals surface area contributed by atoms with E-state index in [-0.39, 0.29) is 11.9 Å². The van der Waals surface area contributed by atoms with E-state index in [1.165, 1.54) is 0 Å². The van der Waals surface area contributed by atoms with E-state index in [9.17, 15) is 4.79 Å². The normalized spacial score (nSPS) is 23.1. The molecule has 0 saturated carbocycles. The zero-order valence-electron chi connectivity index (χ0n) is 10.6.